The fraction of sp³-hybridized carbons (Fsp3) is 0.321. The van der Waals surface area contributed by atoms with E-state index < -0.39 is 0 Å². The van der Waals surface area contributed by atoms with Gasteiger partial charge >= 0.3 is 0 Å². The highest BCUT2D eigenvalue weighted by Gasteiger charge is 2.33. The predicted molar refractivity (Wildman–Crippen MR) is 135 cm³/mol. The molecule has 3 aromatic rings. The van der Waals surface area contributed by atoms with Crippen molar-refractivity contribution >= 4 is 17.3 Å². The van der Waals surface area contributed by atoms with Gasteiger partial charge in [-0.05, 0) is 58.1 Å². The van der Waals surface area contributed by atoms with Gasteiger partial charge in [0.2, 0.25) is 0 Å². The zero-order valence-corrected chi connectivity index (χ0v) is 19.7. The predicted octanol–water partition coefficient (Wildman–Crippen LogP) is 4.50. The van der Waals surface area contributed by atoms with Crippen molar-refractivity contribution in [2.45, 2.75) is 25.8 Å². The summed E-state index contributed by atoms with van der Waals surface area (Å²) in [5.41, 5.74) is 9.19. The third-order valence-corrected chi connectivity index (χ3v) is 7.04. The van der Waals surface area contributed by atoms with Crippen molar-refractivity contribution in [1.29, 1.82) is 0 Å². The first-order valence-electron chi connectivity index (χ1n) is 11.8. The summed E-state index contributed by atoms with van der Waals surface area (Å²) in [5.74, 6) is -0.0643. The maximum Gasteiger partial charge on any atom is 0.251 e. The smallest absolute Gasteiger partial charge is 0.251 e. The van der Waals surface area contributed by atoms with Crippen molar-refractivity contribution in [2.24, 2.45) is 0 Å². The molecule has 0 unspecified atom stereocenters. The average Bonchev–Trinajstić information content (AvgIpc) is 2.85. The number of carbonyl (C=O) groups excluding carboxylic acids is 1. The highest BCUT2D eigenvalue weighted by molar-refractivity contribution is 5.94. The van der Waals surface area contributed by atoms with E-state index in [1.807, 2.05) is 24.3 Å². The summed E-state index contributed by atoms with van der Waals surface area (Å²) in [4.78, 5) is 14.4. The molecule has 0 aliphatic carbocycles. The topological polar surface area (TPSA) is 56.4 Å². The molecule has 0 radical (unpaired) electrons. The number of piperazine rings is 1. The van der Waals surface area contributed by atoms with E-state index in [9.17, 15) is 4.79 Å². The quantitative estimate of drug-likeness (QED) is 0.559. The molecule has 0 atom stereocenters. The van der Waals surface area contributed by atoms with E-state index in [2.05, 4.69) is 71.1 Å². The number of hydrogen-bond acceptors (Lipinski definition) is 4. The van der Waals surface area contributed by atoms with Crippen molar-refractivity contribution < 1.29 is 4.79 Å². The molecule has 2 aliphatic heterocycles. The van der Waals surface area contributed by atoms with E-state index in [0.29, 0.717) is 5.56 Å². The van der Waals surface area contributed by atoms with Crippen molar-refractivity contribution in [2.75, 3.05) is 38.5 Å². The minimum atomic E-state index is -0.118. The fourth-order valence-electron chi connectivity index (χ4n) is 5.04. The number of hydrogen-bond donors (Lipinski definition) is 3. The van der Waals surface area contributed by atoms with Gasteiger partial charge in [0.15, 0.2) is 0 Å². The lowest BCUT2D eigenvalue weighted by Gasteiger charge is -2.37. The van der Waals surface area contributed by atoms with Crippen molar-refractivity contribution in [3.63, 3.8) is 0 Å². The van der Waals surface area contributed by atoms with Gasteiger partial charge in [-0.3, -0.25) is 9.69 Å². The zero-order chi connectivity index (χ0) is 23.0. The van der Waals surface area contributed by atoms with E-state index >= 15 is 0 Å². The number of nitrogens with one attached hydrogen (secondary N) is 3. The van der Waals surface area contributed by atoms with Crippen LogP contribution in [0.2, 0.25) is 0 Å². The Bertz CT molecular complexity index is 1180. The van der Waals surface area contributed by atoms with E-state index in [1.165, 1.54) is 22.4 Å². The SMILES string of the molecule is CNC(=O)c1ccc(-c2ccc3c(c2)C(C)(C)c2cc(CN4CCNCC4)ccc2N3)cc1. The van der Waals surface area contributed by atoms with Gasteiger partial charge in [-0.25, -0.2) is 0 Å². The van der Waals surface area contributed by atoms with Crippen LogP contribution in [0.1, 0.15) is 40.9 Å². The molecular formula is C28H32N4O. The number of amides is 1. The highest BCUT2D eigenvalue weighted by atomic mass is 16.1. The van der Waals surface area contributed by atoms with Crippen LogP contribution in [0.25, 0.3) is 11.1 Å². The van der Waals surface area contributed by atoms with Crippen molar-refractivity contribution in [3.05, 3.63) is 82.9 Å². The zero-order valence-electron chi connectivity index (χ0n) is 19.7. The average molecular weight is 441 g/mol. The van der Waals surface area contributed by atoms with Crippen LogP contribution in [-0.4, -0.2) is 44.0 Å². The molecule has 1 saturated heterocycles. The summed E-state index contributed by atoms with van der Waals surface area (Å²) < 4.78 is 0. The largest absolute Gasteiger partial charge is 0.355 e. The third-order valence-electron chi connectivity index (χ3n) is 7.04. The Morgan fingerprint density at radius 3 is 2.24 bits per heavy atom. The number of rotatable bonds is 4. The second-order valence-corrected chi connectivity index (χ2v) is 9.57. The minimum absolute atomic E-state index is 0.0643. The first-order chi connectivity index (χ1) is 16.0. The van der Waals surface area contributed by atoms with Gasteiger partial charge in [-0.2, -0.15) is 0 Å². The van der Waals surface area contributed by atoms with Gasteiger partial charge in [0.1, 0.15) is 0 Å². The molecule has 5 nitrogen and oxygen atoms in total. The number of benzene rings is 3. The lowest BCUT2D eigenvalue weighted by atomic mass is 9.73. The Hall–Kier alpha value is -3.15. The molecule has 3 N–H and O–H groups in total. The molecule has 2 heterocycles. The Balaban J connectivity index is 1.45. The van der Waals surface area contributed by atoms with Crippen molar-refractivity contribution in [1.82, 2.24) is 15.5 Å². The summed E-state index contributed by atoms with van der Waals surface area (Å²) in [6, 6.07) is 21.3. The molecule has 1 fully saturated rings. The minimum Gasteiger partial charge on any atom is -0.355 e. The van der Waals surface area contributed by atoms with E-state index in [0.717, 1.165) is 49.5 Å². The Morgan fingerprint density at radius 2 is 1.55 bits per heavy atom. The van der Waals surface area contributed by atoms with Crippen LogP contribution < -0.4 is 16.0 Å². The molecule has 0 bridgehead atoms. The summed E-state index contributed by atoms with van der Waals surface area (Å²) >= 11 is 0. The van der Waals surface area contributed by atoms with Crippen LogP contribution in [-0.2, 0) is 12.0 Å². The lowest BCUT2D eigenvalue weighted by molar-refractivity contribution is 0.0963. The van der Waals surface area contributed by atoms with E-state index in [1.54, 1.807) is 7.05 Å². The molecule has 5 heteroatoms. The highest BCUT2D eigenvalue weighted by Crippen LogP contribution is 2.46. The molecule has 170 valence electrons. The van der Waals surface area contributed by atoms with Crippen LogP contribution >= 0.6 is 0 Å². The van der Waals surface area contributed by atoms with E-state index in [-0.39, 0.29) is 11.3 Å². The standard InChI is InChI=1S/C28H32N4O/c1-28(2)23-16-19(18-32-14-12-30-13-15-32)4-10-25(23)31-26-11-9-22(17-24(26)28)20-5-7-21(8-6-20)27(33)29-3/h4-11,16-17,30-31H,12-15,18H2,1-3H3,(H,29,33). The first-order valence-corrected chi connectivity index (χ1v) is 11.8. The van der Waals surface area contributed by atoms with Gasteiger partial charge in [0.05, 0.1) is 0 Å². The molecule has 1 amide bonds. The van der Waals surface area contributed by atoms with Gasteiger partial charge in [0, 0.05) is 62.1 Å². The van der Waals surface area contributed by atoms with Crippen LogP contribution in [0, 0.1) is 0 Å². The van der Waals surface area contributed by atoms with Gasteiger partial charge in [0.25, 0.3) is 5.91 Å². The van der Waals surface area contributed by atoms with Crippen LogP contribution in [0.3, 0.4) is 0 Å². The second-order valence-electron chi connectivity index (χ2n) is 9.57. The molecule has 33 heavy (non-hydrogen) atoms. The summed E-state index contributed by atoms with van der Waals surface area (Å²) in [6.07, 6.45) is 0. The van der Waals surface area contributed by atoms with Gasteiger partial charge in [-0.15, -0.1) is 0 Å². The fourth-order valence-corrected chi connectivity index (χ4v) is 5.04. The van der Waals surface area contributed by atoms with Crippen LogP contribution in [0.5, 0.6) is 0 Å². The van der Waals surface area contributed by atoms with Gasteiger partial charge in [-0.1, -0.05) is 44.2 Å². The summed E-state index contributed by atoms with van der Waals surface area (Å²) in [6.45, 7) is 9.97. The van der Waals surface area contributed by atoms with E-state index in [4.69, 9.17) is 0 Å². The molecule has 0 spiro atoms. The van der Waals surface area contributed by atoms with Crippen LogP contribution in [0.15, 0.2) is 60.7 Å². The normalized spacial score (nSPS) is 16.9. The molecule has 0 saturated carbocycles. The number of carbonyl (C=O) groups is 1. The second kappa shape index (κ2) is 8.65. The number of anilines is 2. The molecule has 2 aliphatic rings. The maximum atomic E-state index is 11.9. The first kappa shape index (κ1) is 21.7. The molecule has 5 rings (SSSR count). The lowest BCUT2D eigenvalue weighted by Crippen LogP contribution is -2.42. The Kier molecular flexibility index (Phi) is 5.69. The van der Waals surface area contributed by atoms with Crippen LogP contribution in [0.4, 0.5) is 11.4 Å². The van der Waals surface area contributed by atoms with Gasteiger partial charge < -0.3 is 16.0 Å². The molecular weight excluding hydrogens is 408 g/mol. The Morgan fingerprint density at radius 1 is 0.909 bits per heavy atom. The summed E-state index contributed by atoms with van der Waals surface area (Å²) in [5, 5.41) is 9.77. The number of fused-ring (bicyclic) bond motifs is 2. The molecule has 0 aromatic heterocycles. The third kappa shape index (κ3) is 4.14. The maximum absolute atomic E-state index is 11.9. The number of nitrogens with zero attached hydrogens (tertiary/aromatic N) is 1. The summed E-state index contributed by atoms with van der Waals surface area (Å²) in [7, 11) is 1.65. The Labute approximate surface area is 196 Å². The molecule has 3 aromatic carbocycles. The van der Waals surface area contributed by atoms with Crippen molar-refractivity contribution in [3.8, 4) is 11.1 Å². The monoisotopic (exact) mass is 440 g/mol.